The summed E-state index contributed by atoms with van der Waals surface area (Å²) in [7, 11) is 0. The zero-order valence-electron chi connectivity index (χ0n) is 10.0. The van der Waals surface area contributed by atoms with Crippen molar-refractivity contribution in [1.29, 1.82) is 0 Å². The van der Waals surface area contributed by atoms with E-state index in [0.29, 0.717) is 6.54 Å². The van der Waals surface area contributed by atoms with Crippen LogP contribution in [0.1, 0.15) is 40.5 Å². The number of ether oxygens (including phenoxy) is 1. The van der Waals surface area contributed by atoms with Crippen LogP contribution in [0, 0.1) is 0 Å². The van der Waals surface area contributed by atoms with Crippen molar-refractivity contribution in [2.75, 3.05) is 13.2 Å². The highest BCUT2D eigenvalue weighted by Crippen LogP contribution is 2.29. The Morgan fingerprint density at radius 3 is 2.60 bits per heavy atom. The van der Waals surface area contributed by atoms with E-state index in [0.717, 1.165) is 12.8 Å². The third kappa shape index (κ3) is 2.84. The van der Waals surface area contributed by atoms with E-state index < -0.39 is 11.1 Å². The van der Waals surface area contributed by atoms with Crippen LogP contribution in [0.25, 0.3) is 0 Å². The van der Waals surface area contributed by atoms with E-state index in [4.69, 9.17) is 4.74 Å². The molecule has 1 atom stereocenters. The van der Waals surface area contributed by atoms with Gasteiger partial charge in [0.2, 0.25) is 0 Å². The lowest BCUT2D eigenvalue weighted by Gasteiger charge is -2.34. The highest BCUT2D eigenvalue weighted by molar-refractivity contribution is 5.69. The maximum absolute atomic E-state index is 11.8. The van der Waals surface area contributed by atoms with Gasteiger partial charge in [0.15, 0.2) is 0 Å². The maximum Gasteiger partial charge on any atom is 0.410 e. The van der Waals surface area contributed by atoms with E-state index in [9.17, 15) is 9.90 Å². The first kappa shape index (κ1) is 12.3. The zero-order valence-corrected chi connectivity index (χ0v) is 10.0. The molecular weight excluding hydrogens is 194 g/mol. The third-order valence-corrected chi connectivity index (χ3v) is 2.70. The molecule has 4 nitrogen and oxygen atoms in total. The van der Waals surface area contributed by atoms with Gasteiger partial charge in [0.25, 0.3) is 0 Å². The second-order valence-electron chi connectivity index (χ2n) is 5.39. The zero-order chi connectivity index (χ0) is 11.7. The summed E-state index contributed by atoms with van der Waals surface area (Å²) in [4.78, 5) is 13.5. The molecule has 0 aromatic carbocycles. The monoisotopic (exact) mass is 215 g/mol. The van der Waals surface area contributed by atoms with Gasteiger partial charge in [-0.05, 0) is 40.5 Å². The average Bonchev–Trinajstić information content (AvgIpc) is 2.45. The standard InChI is InChI=1S/C11H21NO3/c1-10(2,3)15-9(14)12-7-5-6-11(12,4)8-13/h13H,5-8H2,1-4H3/t11-/m1/s1. The van der Waals surface area contributed by atoms with Gasteiger partial charge in [-0.2, -0.15) is 0 Å². The average molecular weight is 215 g/mol. The van der Waals surface area contributed by atoms with Crippen LogP contribution in [0.5, 0.6) is 0 Å². The summed E-state index contributed by atoms with van der Waals surface area (Å²) < 4.78 is 5.29. The molecule has 1 heterocycles. The number of carbonyl (C=O) groups excluding carboxylic acids is 1. The Labute approximate surface area is 91.2 Å². The van der Waals surface area contributed by atoms with Gasteiger partial charge >= 0.3 is 6.09 Å². The highest BCUT2D eigenvalue weighted by Gasteiger charge is 2.40. The van der Waals surface area contributed by atoms with Crippen molar-refractivity contribution in [2.24, 2.45) is 0 Å². The Bertz CT molecular complexity index is 247. The van der Waals surface area contributed by atoms with Crippen LogP contribution in [-0.2, 0) is 4.74 Å². The molecule has 1 fully saturated rings. The number of aliphatic hydroxyl groups is 1. The summed E-state index contributed by atoms with van der Waals surface area (Å²) in [6, 6.07) is 0. The summed E-state index contributed by atoms with van der Waals surface area (Å²) >= 11 is 0. The molecule has 4 heteroatoms. The van der Waals surface area contributed by atoms with Crippen LogP contribution in [0.15, 0.2) is 0 Å². The first-order valence-electron chi connectivity index (χ1n) is 5.40. The SMILES string of the molecule is CC(C)(C)OC(=O)N1CCC[C@]1(C)CO. The van der Waals surface area contributed by atoms with Crippen LogP contribution in [0.3, 0.4) is 0 Å². The molecule has 0 aromatic rings. The largest absolute Gasteiger partial charge is 0.444 e. The minimum atomic E-state index is -0.476. The molecule has 0 bridgehead atoms. The molecule has 0 aliphatic carbocycles. The van der Waals surface area contributed by atoms with Crippen molar-refractivity contribution in [3.05, 3.63) is 0 Å². The lowest BCUT2D eigenvalue weighted by atomic mass is 10.0. The normalized spacial score (nSPS) is 26.9. The van der Waals surface area contributed by atoms with E-state index >= 15 is 0 Å². The predicted octanol–water partition coefficient (Wildman–Crippen LogP) is 1.77. The third-order valence-electron chi connectivity index (χ3n) is 2.70. The van der Waals surface area contributed by atoms with Gasteiger partial charge in [0, 0.05) is 6.54 Å². The van der Waals surface area contributed by atoms with Gasteiger partial charge in [0.05, 0.1) is 12.1 Å². The van der Waals surface area contributed by atoms with Gasteiger partial charge in [-0.3, -0.25) is 0 Å². The molecule has 1 aliphatic heterocycles. The fourth-order valence-electron chi connectivity index (χ4n) is 1.82. The number of carbonyl (C=O) groups is 1. The summed E-state index contributed by atoms with van der Waals surface area (Å²) in [5.41, 5.74) is -0.918. The predicted molar refractivity (Wildman–Crippen MR) is 57.7 cm³/mol. The Kier molecular flexibility index (Phi) is 3.28. The molecule has 1 amide bonds. The fourth-order valence-corrected chi connectivity index (χ4v) is 1.82. The number of hydrogen-bond donors (Lipinski definition) is 1. The molecule has 0 aromatic heterocycles. The number of nitrogens with zero attached hydrogens (tertiary/aromatic N) is 1. The smallest absolute Gasteiger partial charge is 0.410 e. The molecular formula is C11H21NO3. The minimum Gasteiger partial charge on any atom is -0.444 e. The molecule has 1 N–H and O–H groups in total. The lowest BCUT2D eigenvalue weighted by Crippen LogP contribution is -2.49. The molecule has 0 radical (unpaired) electrons. The van der Waals surface area contributed by atoms with Crippen molar-refractivity contribution >= 4 is 6.09 Å². The number of hydrogen-bond acceptors (Lipinski definition) is 3. The van der Waals surface area contributed by atoms with Crippen LogP contribution >= 0.6 is 0 Å². The first-order chi connectivity index (χ1) is 6.78. The number of likely N-dealkylation sites (tertiary alicyclic amines) is 1. The topological polar surface area (TPSA) is 49.8 Å². The molecule has 0 spiro atoms. The number of aliphatic hydroxyl groups excluding tert-OH is 1. The quantitative estimate of drug-likeness (QED) is 0.725. The second-order valence-corrected chi connectivity index (χ2v) is 5.39. The fraction of sp³-hybridized carbons (Fsp3) is 0.909. The number of amides is 1. The Balaban J connectivity index is 2.67. The van der Waals surface area contributed by atoms with E-state index in [1.54, 1.807) is 4.90 Å². The van der Waals surface area contributed by atoms with Crippen molar-refractivity contribution in [1.82, 2.24) is 4.90 Å². The van der Waals surface area contributed by atoms with Crippen molar-refractivity contribution in [3.63, 3.8) is 0 Å². The molecule has 0 saturated carbocycles. The lowest BCUT2D eigenvalue weighted by molar-refractivity contribution is -0.0000455. The van der Waals surface area contributed by atoms with Crippen LogP contribution in [-0.4, -0.2) is 40.4 Å². The van der Waals surface area contributed by atoms with E-state index in [2.05, 4.69) is 0 Å². The van der Waals surface area contributed by atoms with Gasteiger partial charge < -0.3 is 14.7 Å². The van der Waals surface area contributed by atoms with Crippen LogP contribution < -0.4 is 0 Å². The molecule has 0 unspecified atom stereocenters. The maximum atomic E-state index is 11.8. The van der Waals surface area contributed by atoms with Crippen molar-refractivity contribution in [2.45, 2.75) is 51.7 Å². The molecule has 15 heavy (non-hydrogen) atoms. The Morgan fingerprint density at radius 1 is 1.53 bits per heavy atom. The molecule has 1 aliphatic rings. The second kappa shape index (κ2) is 4.00. The first-order valence-corrected chi connectivity index (χ1v) is 5.40. The van der Waals surface area contributed by atoms with E-state index in [1.807, 2.05) is 27.7 Å². The van der Waals surface area contributed by atoms with E-state index in [-0.39, 0.29) is 12.7 Å². The summed E-state index contributed by atoms with van der Waals surface area (Å²) in [6.07, 6.45) is 1.44. The van der Waals surface area contributed by atoms with Gasteiger partial charge in [-0.25, -0.2) is 4.79 Å². The van der Waals surface area contributed by atoms with Crippen LogP contribution in [0.2, 0.25) is 0 Å². The number of rotatable bonds is 1. The summed E-state index contributed by atoms with van der Waals surface area (Å²) in [6.45, 7) is 8.09. The highest BCUT2D eigenvalue weighted by atomic mass is 16.6. The van der Waals surface area contributed by atoms with Crippen LogP contribution in [0.4, 0.5) is 4.79 Å². The summed E-state index contributed by atoms with van der Waals surface area (Å²) in [5, 5.41) is 9.29. The van der Waals surface area contributed by atoms with Crippen molar-refractivity contribution < 1.29 is 14.6 Å². The van der Waals surface area contributed by atoms with Crippen molar-refractivity contribution in [3.8, 4) is 0 Å². The van der Waals surface area contributed by atoms with Gasteiger partial charge in [0.1, 0.15) is 5.60 Å². The minimum absolute atomic E-state index is 0.00770. The Hall–Kier alpha value is -0.770. The molecule has 1 rings (SSSR count). The molecule has 1 saturated heterocycles. The molecule has 88 valence electrons. The van der Waals surface area contributed by atoms with Gasteiger partial charge in [-0.15, -0.1) is 0 Å². The van der Waals surface area contributed by atoms with E-state index in [1.165, 1.54) is 0 Å². The summed E-state index contributed by atoms with van der Waals surface area (Å²) in [5.74, 6) is 0. The van der Waals surface area contributed by atoms with Gasteiger partial charge in [-0.1, -0.05) is 0 Å². The Morgan fingerprint density at radius 2 is 2.13 bits per heavy atom.